The minimum atomic E-state index is 0.256. The van der Waals surface area contributed by atoms with Crippen LogP contribution in [0.25, 0.3) is 0 Å². The van der Waals surface area contributed by atoms with Crippen LogP contribution >= 0.6 is 0 Å². The average molecular weight is 287 g/mol. The normalized spacial score (nSPS) is 18.0. The zero-order chi connectivity index (χ0) is 14.5. The summed E-state index contributed by atoms with van der Waals surface area (Å²) >= 11 is 0. The zero-order valence-corrected chi connectivity index (χ0v) is 12.2. The Bertz CT molecular complexity index is 577. The molecule has 1 aliphatic rings. The van der Waals surface area contributed by atoms with Crippen LogP contribution in [0.5, 0.6) is 5.75 Å². The van der Waals surface area contributed by atoms with Crippen LogP contribution in [0.1, 0.15) is 17.5 Å². The van der Waals surface area contributed by atoms with Gasteiger partial charge in [-0.2, -0.15) is 5.10 Å². The van der Waals surface area contributed by atoms with E-state index in [0.29, 0.717) is 0 Å². The van der Waals surface area contributed by atoms with Crippen LogP contribution in [-0.4, -0.2) is 34.0 Å². The molecule has 0 unspecified atom stereocenters. The van der Waals surface area contributed by atoms with Crippen LogP contribution in [0.3, 0.4) is 0 Å². The Kier molecular flexibility index (Phi) is 4.47. The van der Waals surface area contributed by atoms with Gasteiger partial charge in [-0.15, -0.1) is 0 Å². The van der Waals surface area contributed by atoms with Crippen molar-refractivity contribution in [2.24, 2.45) is 7.05 Å². The Balaban J connectivity index is 1.56. The molecule has 6 nitrogen and oxygen atoms in total. The van der Waals surface area contributed by atoms with Gasteiger partial charge in [0, 0.05) is 50.2 Å². The molecule has 0 spiro atoms. The number of aryl methyl sites for hydroxylation is 1. The monoisotopic (exact) mass is 287 g/mol. The molecule has 112 valence electrons. The second-order valence-electron chi connectivity index (χ2n) is 5.34. The van der Waals surface area contributed by atoms with Gasteiger partial charge in [0.05, 0.1) is 12.4 Å². The summed E-state index contributed by atoms with van der Waals surface area (Å²) < 4.78 is 7.84. The van der Waals surface area contributed by atoms with Gasteiger partial charge in [0.25, 0.3) is 0 Å². The third kappa shape index (κ3) is 3.80. The van der Waals surface area contributed by atoms with Crippen molar-refractivity contribution in [3.63, 3.8) is 0 Å². The fraction of sp³-hybridized carbons (Fsp3) is 0.467. The molecule has 6 heteroatoms. The van der Waals surface area contributed by atoms with E-state index in [2.05, 4.69) is 20.7 Å². The fourth-order valence-electron chi connectivity index (χ4n) is 2.47. The summed E-state index contributed by atoms with van der Waals surface area (Å²) in [5, 5.41) is 10.9. The van der Waals surface area contributed by atoms with Gasteiger partial charge in [-0.1, -0.05) is 0 Å². The van der Waals surface area contributed by atoms with Gasteiger partial charge in [0.1, 0.15) is 11.9 Å². The molecule has 3 rings (SSSR count). The quantitative estimate of drug-likeness (QED) is 0.824. The first-order valence-corrected chi connectivity index (χ1v) is 7.30. The molecule has 1 fully saturated rings. The first-order valence-electron chi connectivity index (χ1n) is 7.30. The number of hydrogen-bond donors (Lipinski definition) is 2. The summed E-state index contributed by atoms with van der Waals surface area (Å²) in [6.07, 6.45) is 8.81. The average Bonchev–Trinajstić information content (AvgIpc) is 3.13. The molecular formula is C15H21N5O. The molecule has 2 aromatic heterocycles. The van der Waals surface area contributed by atoms with Gasteiger partial charge in [-0.25, -0.2) is 0 Å². The Hall–Kier alpha value is -1.92. The van der Waals surface area contributed by atoms with E-state index in [1.165, 1.54) is 5.56 Å². The number of pyridine rings is 1. The Morgan fingerprint density at radius 1 is 1.43 bits per heavy atom. The molecule has 0 bridgehead atoms. The number of rotatable bonds is 6. The number of nitrogens with one attached hydrogen (secondary N) is 2. The number of nitrogens with zero attached hydrogens (tertiary/aromatic N) is 3. The minimum absolute atomic E-state index is 0.256. The molecule has 1 saturated heterocycles. The van der Waals surface area contributed by atoms with Gasteiger partial charge in [-0.3, -0.25) is 9.67 Å². The van der Waals surface area contributed by atoms with E-state index in [1.807, 2.05) is 30.2 Å². The SMILES string of the molecule is Cn1cc(CNCc2ccncc2O[C@H]2CCNC2)cn1. The molecule has 1 aliphatic heterocycles. The van der Waals surface area contributed by atoms with E-state index in [9.17, 15) is 0 Å². The maximum Gasteiger partial charge on any atom is 0.142 e. The van der Waals surface area contributed by atoms with Crippen molar-refractivity contribution in [1.29, 1.82) is 0 Å². The highest BCUT2D eigenvalue weighted by Crippen LogP contribution is 2.19. The molecule has 2 aromatic rings. The van der Waals surface area contributed by atoms with Crippen LogP contribution in [0.4, 0.5) is 0 Å². The van der Waals surface area contributed by atoms with Crippen molar-refractivity contribution < 1.29 is 4.74 Å². The van der Waals surface area contributed by atoms with Crippen molar-refractivity contribution in [3.8, 4) is 5.75 Å². The third-order valence-electron chi connectivity index (χ3n) is 3.58. The first-order chi connectivity index (χ1) is 10.3. The van der Waals surface area contributed by atoms with E-state index in [1.54, 1.807) is 12.4 Å². The highest BCUT2D eigenvalue weighted by molar-refractivity contribution is 5.30. The van der Waals surface area contributed by atoms with Crippen molar-refractivity contribution >= 4 is 0 Å². The molecule has 0 radical (unpaired) electrons. The van der Waals surface area contributed by atoms with E-state index < -0.39 is 0 Å². The smallest absolute Gasteiger partial charge is 0.142 e. The van der Waals surface area contributed by atoms with E-state index >= 15 is 0 Å². The summed E-state index contributed by atoms with van der Waals surface area (Å²) in [5.41, 5.74) is 2.31. The van der Waals surface area contributed by atoms with Crippen LogP contribution in [0.15, 0.2) is 30.9 Å². The van der Waals surface area contributed by atoms with Crippen molar-refractivity contribution in [2.75, 3.05) is 13.1 Å². The molecule has 0 aromatic carbocycles. The predicted molar refractivity (Wildman–Crippen MR) is 79.9 cm³/mol. The van der Waals surface area contributed by atoms with Gasteiger partial charge in [-0.05, 0) is 19.0 Å². The summed E-state index contributed by atoms with van der Waals surface area (Å²) in [6.45, 7) is 3.49. The maximum absolute atomic E-state index is 6.03. The van der Waals surface area contributed by atoms with E-state index in [-0.39, 0.29) is 6.10 Å². The number of aromatic nitrogens is 3. The molecular weight excluding hydrogens is 266 g/mol. The maximum atomic E-state index is 6.03. The Morgan fingerprint density at radius 2 is 2.38 bits per heavy atom. The molecule has 0 amide bonds. The standard InChI is InChI=1S/C15H21N5O/c1-20-11-12(7-19-20)6-18-8-13-2-4-17-10-15(13)21-14-3-5-16-9-14/h2,4,7,10-11,14,16,18H,3,5-6,8-9H2,1H3/t14-/m0/s1. The van der Waals surface area contributed by atoms with E-state index in [0.717, 1.165) is 43.9 Å². The Labute approximate surface area is 124 Å². The second-order valence-corrected chi connectivity index (χ2v) is 5.34. The van der Waals surface area contributed by atoms with Crippen molar-refractivity contribution in [2.45, 2.75) is 25.6 Å². The molecule has 3 heterocycles. The molecule has 2 N–H and O–H groups in total. The van der Waals surface area contributed by atoms with Gasteiger partial charge < -0.3 is 15.4 Å². The summed E-state index contributed by atoms with van der Waals surface area (Å²) in [5.74, 6) is 0.880. The van der Waals surface area contributed by atoms with Crippen LogP contribution < -0.4 is 15.4 Å². The summed E-state index contributed by atoms with van der Waals surface area (Å²) in [6, 6.07) is 2.01. The first kappa shape index (κ1) is 14.0. The van der Waals surface area contributed by atoms with Crippen molar-refractivity contribution in [1.82, 2.24) is 25.4 Å². The minimum Gasteiger partial charge on any atom is -0.487 e. The molecule has 0 saturated carbocycles. The lowest BCUT2D eigenvalue weighted by molar-refractivity contribution is 0.219. The predicted octanol–water partition coefficient (Wildman–Crippen LogP) is 0.846. The largest absolute Gasteiger partial charge is 0.487 e. The number of hydrogen-bond acceptors (Lipinski definition) is 5. The zero-order valence-electron chi connectivity index (χ0n) is 12.2. The van der Waals surface area contributed by atoms with Crippen LogP contribution in [-0.2, 0) is 20.1 Å². The second kappa shape index (κ2) is 6.69. The van der Waals surface area contributed by atoms with Gasteiger partial charge in [0.2, 0.25) is 0 Å². The highest BCUT2D eigenvalue weighted by Gasteiger charge is 2.17. The fourth-order valence-corrected chi connectivity index (χ4v) is 2.47. The molecule has 21 heavy (non-hydrogen) atoms. The lowest BCUT2D eigenvalue weighted by atomic mass is 10.2. The lowest BCUT2D eigenvalue weighted by Crippen LogP contribution is -2.21. The summed E-state index contributed by atoms with van der Waals surface area (Å²) in [4.78, 5) is 4.17. The molecule has 0 aliphatic carbocycles. The topological polar surface area (TPSA) is 64.0 Å². The third-order valence-corrected chi connectivity index (χ3v) is 3.58. The molecule has 1 atom stereocenters. The highest BCUT2D eigenvalue weighted by atomic mass is 16.5. The van der Waals surface area contributed by atoms with Crippen molar-refractivity contribution in [3.05, 3.63) is 42.0 Å². The number of ether oxygens (including phenoxy) is 1. The van der Waals surface area contributed by atoms with Gasteiger partial charge >= 0.3 is 0 Å². The lowest BCUT2D eigenvalue weighted by Gasteiger charge is -2.15. The Morgan fingerprint density at radius 3 is 3.14 bits per heavy atom. The van der Waals surface area contributed by atoms with E-state index in [4.69, 9.17) is 4.74 Å². The summed E-state index contributed by atoms with van der Waals surface area (Å²) in [7, 11) is 1.92. The van der Waals surface area contributed by atoms with Gasteiger partial charge in [0.15, 0.2) is 0 Å². The van der Waals surface area contributed by atoms with Crippen LogP contribution in [0.2, 0.25) is 0 Å². The van der Waals surface area contributed by atoms with Crippen LogP contribution in [0, 0.1) is 0 Å².